The molecule has 11 aromatic rings. The van der Waals surface area contributed by atoms with E-state index in [9.17, 15) is 0 Å². The summed E-state index contributed by atoms with van der Waals surface area (Å²) in [5, 5.41) is 7.00. The molecule has 6 heteroatoms. The molecule has 0 radical (unpaired) electrons. The molecule has 0 unspecified atom stereocenters. The maximum atomic E-state index is 5.32. The standard InChI is InChI=1S/C44H26N6/c1-4-13-27(14-5-1)41-46-42(28-15-6-2-7-16-28)48-44(47-41)49-35-22-12-21-32-33-25-30-19-10-11-20-31(30)26-37(33)50-40-34(23-24-36(49)39(40)38(32)35)45-43(50)29-17-8-3-9-18-29/h1-26H. The molecule has 232 valence electrons. The highest BCUT2D eigenvalue weighted by atomic mass is 15.2. The third kappa shape index (κ3) is 3.84. The van der Waals surface area contributed by atoms with E-state index in [1.54, 1.807) is 0 Å². The average molecular weight is 639 g/mol. The number of fused-ring (bicyclic) bond motifs is 4. The third-order valence-corrected chi connectivity index (χ3v) is 9.89. The van der Waals surface area contributed by atoms with Crippen LogP contribution >= 0.6 is 0 Å². The maximum Gasteiger partial charge on any atom is 0.238 e. The number of benzene rings is 7. The van der Waals surface area contributed by atoms with Crippen LogP contribution in [0.4, 0.5) is 0 Å². The van der Waals surface area contributed by atoms with Gasteiger partial charge in [0.15, 0.2) is 11.6 Å². The molecule has 0 aliphatic carbocycles. The van der Waals surface area contributed by atoms with Gasteiger partial charge in [0.2, 0.25) is 5.95 Å². The van der Waals surface area contributed by atoms with Crippen molar-refractivity contribution in [2.45, 2.75) is 0 Å². The van der Waals surface area contributed by atoms with Crippen molar-refractivity contribution in [3.8, 4) is 40.1 Å². The van der Waals surface area contributed by atoms with Gasteiger partial charge in [-0.25, -0.2) is 9.97 Å². The zero-order valence-corrected chi connectivity index (χ0v) is 26.7. The minimum absolute atomic E-state index is 0.572. The highest BCUT2D eigenvalue weighted by Crippen LogP contribution is 2.44. The predicted molar refractivity (Wildman–Crippen MR) is 203 cm³/mol. The molecule has 0 aliphatic heterocycles. The first kappa shape index (κ1) is 27.1. The molecule has 0 atom stereocenters. The van der Waals surface area contributed by atoms with Gasteiger partial charge in [-0.2, -0.15) is 9.97 Å². The Kier molecular flexibility index (Phi) is 5.57. The van der Waals surface area contributed by atoms with Crippen LogP contribution in [0.15, 0.2) is 158 Å². The summed E-state index contributed by atoms with van der Waals surface area (Å²) in [5.41, 5.74) is 8.12. The van der Waals surface area contributed by atoms with Gasteiger partial charge < -0.3 is 0 Å². The van der Waals surface area contributed by atoms with Crippen LogP contribution in [0.25, 0.3) is 100 Å². The molecule has 6 nitrogen and oxygen atoms in total. The monoisotopic (exact) mass is 638 g/mol. The van der Waals surface area contributed by atoms with Gasteiger partial charge in [-0.3, -0.25) is 8.97 Å². The van der Waals surface area contributed by atoms with E-state index in [4.69, 9.17) is 19.9 Å². The van der Waals surface area contributed by atoms with E-state index in [0.717, 1.165) is 66.3 Å². The van der Waals surface area contributed by atoms with Crippen molar-refractivity contribution in [1.82, 2.24) is 28.9 Å². The van der Waals surface area contributed by atoms with E-state index in [1.165, 1.54) is 16.2 Å². The van der Waals surface area contributed by atoms with E-state index < -0.39 is 0 Å². The number of hydrogen-bond donors (Lipinski definition) is 0. The fourth-order valence-corrected chi connectivity index (χ4v) is 7.69. The Morgan fingerprint density at radius 1 is 0.400 bits per heavy atom. The molecule has 50 heavy (non-hydrogen) atoms. The largest absolute Gasteiger partial charge is 0.291 e. The van der Waals surface area contributed by atoms with Crippen LogP contribution in [0.5, 0.6) is 0 Å². The fourth-order valence-electron chi connectivity index (χ4n) is 7.69. The molecule has 0 saturated carbocycles. The van der Waals surface area contributed by atoms with Crippen molar-refractivity contribution in [1.29, 1.82) is 0 Å². The molecule has 0 saturated heterocycles. The van der Waals surface area contributed by atoms with Crippen LogP contribution in [0, 0.1) is 0 Å². The van der Waals surface area contributed by atoms with E-state index in [2.05, 4.69) is 106 Å². The zero-order chi connectivity index (χ0) is 32.8. The first-order valence-electron chi connectivity index (χ1n) is 16.7. The Morgan fingerprint density at radius 2 is 1.00 bits per heavy atom. The maximum absolute atomic E-state index is 5.32. The lowest BCUT2D eigenvalue weighted by molar-refractivity contribution is 0.954. The Balaban J connectivity index is 1.34. The van der Waals surface area contributed by atoms with Gasteiger partial charge >= 0.3 is 0 Å². The topological polar surface area (TPSA) is 60.9 Å². The third-order valence-electron chi connectivity index (χ3n) is 9.89. The van der Waals surface area contributed by atoms with E-state index >= 15 is 0 Å². The fraction of sp³-hybridized carbons (Fsp3) is 0. The lowest BCUT2D eigenvalue weighted by atomic mass is 10.0. The van der Waals surface area contributed by atoms with Crippen LogP contribution in [0.2, 0.25) is 0 Å². The van der Waals surface area contributed by atoms with Crippen LogP contribution in [0.1, 0.15) is 0 Å². The van der Waals surface area contributed by atoms with Crippen LogP contribution in [0.3, 0.4) is 0 Å². The lowest BCUT2D eigenvalue weighted by Crippen LogP contribution is -2.06. The molecular formula is C44H26N6. The highest BCUT2D eigenvalue weighted by molar-refractivity contribution is 6.30. The summed E-state index contributed by atoms with van der Waals surface area (Å²) in [6.07, 6.45) is 0. The molecule has 0 bridgehead atoms. The Labute approximate surface area is 285 Å². The van der Waals surface area contributed by atoms with E-state index in [1.807, 2.05) is 60.7 Å². The normalized spacial score (nSPS) is 12.0. The van der Waals surface area contributed by atoms with Crippen molar-refractivity contribution in [3.63, 3.8) is 0 Å². The second-order valence-corrected chi connectivity index (χ2v) is 12.7. The molecule has 4 aromatic heterocycles. The number of hydrogen-bond acceptors (Lipinski definition) is 4. The van der Waals surface area contributed by atoms with Crippen LogP contribution in [-0.2, 0) is 0 Å². The van der Waals surface area contributed by atoms with Gasteiger partial charge in [0.1, 0.15) is 5.82 Å². The van der Waals surface area contributed by atoms with E-state index in [-0.39, 0.29) is 0 Å². The number of rotatable bonds is 4. The molecular weight excluding hydrogens is 613 g/mol. The van der Waals surface area contributed by atoms with Gasteiger partial charge in [0, 0.05) is 32.8 Å². The Bertz CT molecular complexity index is 3010. The predicted octanol–water partition coefficient (Wildman–Crippen LogP) is 10.5. The van der Waals surface area contributed by atoms with Gasteiger partial charge in [-0.05, 0) is 46.5 Å². The van der Waals surface area contributed by atoms with Gasteiger partial charge in [-0.1, -0.05) is 127 Å². The molecule has 0 aliphatic rings. The number of imidazole rings is 1. The second-order valence-electron chi connectivity index (χ2n) is 12.7. The molecule has 0 fully saturated rings. The lowest BCUT2D eigenvalue weighted by Gasteiger charge is -2.11. The summed E-state index contributed by atoms with van der Waals surface area (Å²) < 4.78 is 4.58. The SMILES string of the molecule is c1ccc(-c2nc(-c3ccccc3)nc(-n3c4cccc5c6cc7ccccc7cc6n6c(-c7ccccc7)nc7ccc3c(c54)c76)n2)cc1. The first-order chi connectivity index (χ1) is 24.8. The minimum Gasteiger partial charge on any atom is -0.291 e. The van der Waals surface area contributed by atoms with E-state index in [0.29, 0.717) is 17.6 Å². The summed E-state index contributed by atoms with van der Waals surface area (Å²) in [6, 6.07) is 54.9. The second kappa shape index (κ2) is 10.3. The van der Waals surface area contributed by atoms with Crippen LogP contribution < -0.4 is 0 Å². The quantitative estimate of drug-likeness (QED) is 0.192. The Hall–Kier alpha value is -6.92. The average Bonchev–Trinajstić information content (AvgIpc) is 3.71. The zero-order valence-electron chi connectivity index (χ0n) is 26.7. The molecule has 0 amide bonds. The molecule has 4 heterocycles. The number of aromatic nitrogens is 6. The highest BCUT2D eigenvalue weighted by Gasteiger charge is 2.25. The summed E-state index contributed by atoms with van der Waals surface area (Å²) in [5.74, 6) is 2.74. The van der Waals surface area contributed by atoms with Crippen molar-refractivity contribution in [3.05, 3.63) is 158 Å². The molecule has 11 rings (SSSR count). The summed E-state index contributed by atoms with van der Waals surface area (Å²) in [7, 11) is 0. The van der Waals surface area contributed by atoms with Crippen molar-refractivity contribution in [2.75, 3.05) is 0 Å². The van der Waals surface area contributed by atoms with Crippen molar-refractivity contribution < 1.29 is 0 Å². The smallest absolute Gasteiger partial charge is 0.238 e. The summed E-state index contributed by atoms with van der Waals surface area (Å²) in [4.78, 5) is 20.7. The van der Waals surface area contributed by atoms with Gasteiger partial charge in [0.05, 0.1) is 27.6 Å². The summed E-state index contributed by atoms with van der Waals surface area (Å²) in [6.45, 7) is 0. The first-order valence-corrected chi connectivity index (χ1v) is 16.7. The van der Waals surface area contributed by atoms with Gasteiger partial charge in [0.25, 0.3) is 0 Å². The molecule has 0 N–H and O–H groups in total. The Morgan fingerprint density at radius 3 is 1.68 bits per heavy atom. The molecule has 0 spiro atoms. The van der Waals surface area contributed by atoms with Crippen molar-refractivity contribution in [2.24, 2.45) is 0 Å². The number of nitrogens with zero attached hydrogens (tertiary/aromatic N) is 6. The molecule has 7 aromatic carbocycles. The minimum atomic E-state index is 0.572. The van der Waals surface area contributed by atoms with Gasteiger partial charge in [-0.15, -0.1) is 0 Å². The summed E-state index contributed by atoms with van der Waals surface area (Å²) >= 11 is 0. The van der Waals surface area contributed by atoms with Crippen LogP contribution in [-0.4, -0.2) is 28.9 Å². The van der Waals surface area contributed by atoms with Crippen molar-refractivity contribution >= 4 is 59.9 Å².